The maximum Gasteiger partial charge on any atom is 0.122 e. The highest BCUT2D eigenvalue weighted by molar-refractivity contribution is 6.30. The van der Waals surface area contributed by atoms with Gasteiger partial charge < -0.3 is 14.9 Å². The van der Waals surface area contributed by atoms with Crippen molar-refractivity contribution in [2.24, 2.45) is 0 Å². The van der Waals surface area contributed by atoms with E-state index in [2.05, 4.69) is 0 Å². The zero-order chi connectivity index (χ0) is 15.1. The van der Waals surface area contributed by atoms with Crippen LogP contribution in [-0.4, -0.2) is 29.0 Å². The third kappa shape index (κ3) is 4.97. The molecule has 0 fully saturated rings. The van der Waals surface area contributed by atoms with Crippen molar-refractivity contribution in [3.8, 4) is 5.75 Å². The Morgan fingerprint density at radius 2 is 1.90 bits per heavy atom. The molecule has 1 aromatic carbocycles. The Bertz CT molecular complexity index is 409. The summed E-state index contributed by atoms with van der Waals surface area (Å²) in [4.78, 5) is 0. The normalized spacial score (nSPS) is 15.7. The molecule has 0 aliphatic carbocycles. The number of aliphatic hydroxyl groups is 2. The molecule has 0 heterocycles. The molecule has 20 heavy (non-hydrogen) atoms. The molecule has 3 atom stereocenters. The van der Waals surface area contributed by atoms with Crippen molar-refractivity contribution in [3.63, 3.8) is 0 Å². The molecular weight excluding hydrogens is 276 g/mol. The number of hydrogen-bond donors (Lipinski definition) is 2. The van der Waals surface area contributed by atoms with Gasteiger partial charge in [-0.3, -0.25) is 0 Å². The van der Waals surface area contributed by atoms with Crippen LogP contribution in [0.4, 0.5) is 0 Å². The van der Waals surface area contributed by atoms with E-state index < -0.39 is 12.2 Å². The van der Waals surface area contributed by atoms with Gasteiger partial charge in [0.2, 0.25) is 0 Å². The second kappa shape index (κ2) is 8.50. The molecule has 0 aliphatic rings. The van der Waals surface area contributed by atoms with Gasteiger partial charge in [-0.15, -0.1) is 0 Å². The molecule has 0 aromatic heterocycles. The average Bonchev–Trinajstić information content (AvgIpc) is 2.41. The third-order valence-electron chi connectivity index (χ3n) is 3.43. The first-order valence-corrected chi connectivity index (χ1v) is 7.65. The summed E-state index contributed by atoms with van der Waals surface area (Å²) in [6.07, 6.45) is 0.563. The Hall–Kier alpha value is -0.770. The lowest BCUT2D eigenvalue weighted by molar-refractivity contribution is 0.00626. The number of ether oxygens (including phenoxy) is 1. The van der Waals surface area contributed by atoms with Crippen LogP contribution in [0.15, 0.2) is 18.2 Å². The van der Waals surface area contributed by atoms with E-state index in [9.17, 15) is 10.2 Å². The molecular formula is C16H25ClO3. The van der Waals surface area contributed by atoms with E-state index in [0.29, 0.717) is 24.5 Å². The fourth-order valence-electron chi connectivity index (χ4n) is 2.33. The van der Waals surface area contributed by atoms with Gasteiger partial charge in [0, 0.05) is 5.02 Å². The summed E-state index contributed by atoms with van der Waals surface area (Å²) in [5.41, 5.74) is 0.974. The van der Waals surface area contributed by atoms with Gasteiger partial charge in [-0.05, 0) is 49.4 Å². The van der Waals surface area contributed by atoms with Gasteiger partial charge in [0.1, 0.15) is 5.75 Å². The second-order valence-corrected chi connectivity index (χ2v) is 5.61. The first-order valence-electron chi connectivity index (χ1n) is 7.27. The lowest BCUT2D eigenvalue weighted by Crippen LogP contribution is -2.27. The van der Waals surface area contributed by atoms with E-state index in [1.54, 1.807) is 6.07 Å². The number of benzene rings is 1. The minimum absolute atomic E-state index is 0.0664. The highest BCUT2D eigenvalue weighted by Gasteiger charge is 2.21. The predicted molar refractivity (Wildman–Crippen MR) is 82.6 cm³/mol. The van der Waals surface area contributed by atoms with Gasteiger partial charge in [0.25, 0.3) is 0 Å². The van der Waals surface area contributed by atoms with Gasteiger partial charge in [-0.2, -0.15) is 0 Å². The van der Waals surface area contributed by atoms with E-state index in [4.69, 9.17) is 16.3 Å². The van der Waals surface area contributed by atoms with Crippen LogP contribution in [0.2, 0.25) is 5.02 Å². The number of halogens is 1. The molecule has 2 N–H and O–H groups in total. The van der Waals surface area contributed by atoms with Crippen molar-refractivity contribution in [2.45, 2.75) is 58.2 Å². The molecule has 1 rings (SSSR count). The third-order valence-corrected chi connectivity index (χ3v) is 3.66. The maximum absolute atomic E-state index is 10.0. The first-order chi connectivity index (χ1) is 9.49. The van der Waals surface area contributed by atoms with E-state index in [1.807, 2.05) is 32.9 Å². The molecule has 0 spiro atoms. The molecule has 3 unspecified atom stereocenters. The predicted octanol–water partition coefficient (Wildman–Crippen LogP) is 3.75. The fourth-order valence-corrected chi connectivity index (χ4v) is 2.51. The maximum atomic E-state index is 10.0. The standard InChI is InChI=1S/C16H25ClO3/c1-4-6-14(18)15(19)9-11(3)13-10-12(17)7-8-16(13)20-5-2/h7-8,10-11,14-15,18-19H,4-6,9H2,1-3H3. The van der Waals surface area contributed by atoms with E-state index >= 15 is 0 Å². The summed E-state index contributed by atoms with van der Waals surface area (Å²) in [7, 11) is 0. The minimum Gasteiger partial charge on any atom is -0.494 e. The van der Waals surface area contributed by atoms with Crippen molar-refractivity contribution in [1.82, 2.24) is 0 Å². The highest BCUT2D eigenvalue weighted by atomic mass is 35.5. The summed E-state index contributed by atoms with van der Waals surface area (Å²) in [5, 5.41) is 20.5. The topological polar surface area (TPSA) is 49.7 Å². The Morgan fingerprint density at radius 1 is 1.20 bits per heavy atom. The average molecular weight is 301 g/mol. The lowest BCUT2D eigenvalue weighted by Gasteiger charge is -2.23. The van der Waals surface area contributed by atoms with Crippen molar-refractivity contribution >= 4 is 11.6 Å². The van der Waals surface area contributed by atoms with Crippen molar-refractivity contribution < 1.29 is 14.9 Å². The second-order valence-electron chi connectivity index (χ2n) is 5.18. The summed E-state index contributed by atoms with van der Waals surface area (Å²) in [6.45, 7) is 6.52. The molecule has 0 amide bonds. The van der Waals surface area contributed by atoms with Crippen molar-refractivity contribution in [2.75, 3.05) is 6.61 Å². The monoisotopic (exact) mass is 300 g/mol. The van der Waals surface area contributed by atoms with E-state index in [1.165, 1.54) is 0 Å². The Labute approximate surface area is 126 Å². The number of rotatable bonds is 8. The van der Waals surface area contributed by atoms with Gasteiger partial charge in [0.15, 0.2) is 0 Å². The van der Waals surface area contributed by atoms with Crippen LogP contribution in [0.3, 0.4) is 0 Å². The van der Waals surface area contributed by atoms with Crippen LogP contribution < -0.4 is 4.74 Å². The van der Waals surface area contributed by atoms with Gasteiger partial charge >= 0.3 is 0 Å². The Morgan fingerprint density at radius 3 is 2.50 bits per heavy atom. The molecule has 1 aromatic rings. The summed E-state index contributed by atoms with van der Waals surface area (Å²) < 4.78 is 5.60. The SMILES string of the molecule is CCCC(O)C(O)CC(C)c1cc(Cl)ccc1OCC. The van der Waals surface area contributed by atoms with E-state index in [-0.39, 0.29) is 5.92 Å². The van der Waals surface area contributed by atoms with Crippen LogP contribution in [0.25, 0.3) is 0 Å². The van der Waals surface area contributed by atoms with Crippen LogP contribution in [0.5, 0.6) is 5.75 Å². The van der Waals surface area contributed by atoms with Crippen molar-refractivity contribution in [1.29, 1.82) is 0 Å². The fraction of sp³-hybridized carbons (Fsp3) is 0.625. The first kappa shape index (κ1) is 17.3. The molecule has 0 radical (unpaired) electrons. The quantitative estimate of drug-likeness (QED) is 0.768. The van der Waals surface area contributed by atoms with Crippen LogP contribution >= 0.6 is 11.6 Å². The van der Waals surface area contributed by atoms with Gasteiger partial charge in [-0.1, -0.05) is 31.9 Å². The Kier molecular flexibility index (Phi) is 7.35. The molecule has 0 saturated heterocycles. The highest BCUT2D eigenvalue weighted by Crippen LogP contribution is 2.32. The largest absolute Gasteiger partial charge is 0.494 e. The molecule has 3 nitrogen and oxygen atoms in total. The zero-order valence-electron chi connectivity index (χ0n) is 12.5. The molecule has 0 bridgehead atoms. The molecule has 4 heteroatoms. The van der Waals surface area contributed by atoms with Crippen LogP contribution in [0.1, 0.15) is 51.5 Å². The van der Waals surface area contributed by atoms with Gasteiger partial charge in [-0.25, -0.2) is 0 Å². The number of hydrogen-bond acceptors (Lipinski definition) is 3. The lowest BCUT2D eigenvalue weighted by atomic mass is 9.91. The van der Waals surface area contributed by atoms with Crippen LogP contribution in [-0.2, 0) is 0 Å². The molecule has 114 valence electrons. The Balaban J connectivity index is 2.80. The van der Waals surface area contributed by atoms with Crippen molar-refractivity contribution in [3.05, 3.63) is 28.8 Å². The molecule has 0 saturated carbocycles. The number of aliphatic hydroxyl groups excluding tert-OH is 2. The summed E-state index contributed by atoms with van der Waals surface area (Å²) in [5.74, 6) is 0.860. The van der Waals surface area contributed by atoms with Gasteiger partial charge in [0.05, 0.1) is 18.8 Å². The molecule has 0 aliphatic heterocycles. The smallest absolute Gasteiger partial charge is 0.122 e. The minimum atomic E-state index is -0.724. The zero-order valence-corrected chi connectivity index (χ0v) is 13.2. The summed E-state index contributed by atoms with van der Waals surface area (Å²) in [6, 6.07) is 5.52. The van der Waals surface area contributed by atoms with Crippen LogP contribution in [0, 0.1) is 0 Å². The summed E-state index contributed by atoms with van der Waals surface area (Å²) >= 11 is 6.04. The van der Waals surface area contributed by atoms with E-state index in [0.717, 1.165) is 17.7 Å².